The number of nitrogens with two attached hydrogens (primary N) is 2. The first kappa shape index (κ1) is 10.4. The Morgan fingerprint density at radius 3 is 2.60 bits per heavy atom. The Bertz CT molecular complexity index is 301. The first-order valence-electron chi connectivity index (χ1n) is 5.67. The molecule has 15 heavy (non-hydrogen) atoms. The van der Waals surface area contributed by atoms with Crippen LogP contribution in [0, 0.1) is 5.92 Å². The van der Waals surface area contributed by atoms with Crippen molar-refractivity contribution in [2.24, 2.45) is 11.7 Å². The van der Waals surface area contributed by atoms with E-state index in [0.29, 0.717) is 11.9 Å². The van der Waals surface area contributed by atoms with Crippen LogP contribution in [0.15, 0.2) is 6.20 Å². The molecule has 0 bridgehead atoms. The third kappa shape index (κ3) is 2.47. The lowest BCUT2D eigenvalue weighted by molar-refractivity contribution is 0.237. The van der Waals surface area contributed by atoms with E-state index in [9.17, 15) is 0 Å². The monoisotopic (exact) mass is 209 g/mol. The zero-order chi connectivity index (χ0) is 10.7. The summed E-state index contributed by atoms with van der Waals surface area (Å²) in [6.45, 7) is 0.808. The maximum absolute atomic E-state index is 5.56. The van der Waals surface area contributed by atoms with E-state index in [1.807, 2.05) is 0 Å². The van der Waals surface area contributed by atoms with Gasteiger partial charge in [-0.3, -0.25) is 0 Å². The Morgan fingerprint density at radius 2 is 2.07 bits per heavy atom. The number of hydrogen-bond acceptors (Lipinski definition) is 4. The third-order valence-corrected chi connectivity index (χ3v) is 3.24. The van der Waals surface area contributed by atoms with Gasteiger partial charge >= 0.3 is 0 Å². The molecule has 0 atom stereocenters. The van der Waals surface area contributed by atoms with E-state index in [0.717, 1.165) is 31.7 Å². The van der Waals surface area contributed by atoms with Crippen molar-refractivity contribution in [3.63, 3.8) is 0 Å². The fraction of sp³-hybridized carbons (Fsp3) is 0.800. The van der Waals surface area contributed by atoms with Gasteiger partial charge in [0, 0.05) is 0 Å². The van der Waals surface area contributed by atoms with Gasteiger partial charge in [-0.25, -0.2) is 0 Å². The number of nitrogen functional groups attached to an aromatic ring is 1. The largest absolute Gasteiger partial charge is 0.381 e. The van der Waals surface area contributed by atoms with Gasteiger partial charge in [0.25, 0.3) is 0 Å². The van der Waals surface area contributed by atoms with E-state index in [1.165, 1.54) is 12.8 Å². The molecule has 2 rings (SSSR count). The predicted molar refractivity (Wildman–Crippen MR) is 59.1 cm³/mol. The van der Waals surface area contributed by atoms with Gasteiger partial charge < -0.3 is 11.5 Å². The SMILES string of the molecule is NCCC1CCC(n2ncc(N)n2)CC1. The van der Waals surface area contributed by atoms with Crippen LogP contribution < -0.4 is 11.5 Å². The van der Waals surface area contributed by atoms with Crippen LogP contribution in [0.3, 0.4) is 0 Å². The maximum Gasteiger partial charge on any atom is 0.165 e. The molecule has 1 aromatic heterocycles. The quantitative estimate of drug-likeness (QED) is 0.776. The van der Waals surface area contributed by atoms with Crippen molar-refractivity contribution in [2.45, 2.75) is 38.1 Å². The zero-order valence-corrected chi connectivity index (χ0v) is 8.97. The summed E-state index contributed by atoms with van der Waals surface area (Å²) in [6.07, 6.45) is 7.55. The smallest absolute Gasteiger partial charge is 0.165 e. The molecule has 0 aliphatic heterocycles. The topological polar surface area (TPSA) is 82.8 Å². The van der Waals surface area contributed by atoms with Gasteiger partial charge in [0.1, 0.15) is 0 Å². The molecule has 4 N–H and O–H groups in total. The Balaban J connectivity index is 1.88. The predicted octanol–water partition coefficient (Wildman–Crippen LogP) is 0.940. The van der Waals surface area contributed by atoms with E-state index >= 15 is 0 Å². The molecule has 0 amide bonds. The first-order valence-corrected chi connectivity index (χ1v) is 5.67. The zero-order valence-electron chi connectivity index (χ0n) is 8.97. The van der Waals surface area contributed by atoms with Gasteiger partial charge in [0.15, 0.2) is 5.82 Å². The average Bonchev–Trinajstić information content (AvgIpc) is 2.67. The van der Waals surface area contributed by atoms with Gasteiger partial charge in [-0.2, -0.15) is 9.90 Å². The lowest BCUT2D eigenvalue weighted by Crippen LogP contribution is -2.21. The summed E-state index contributed by atoms with van der Waals surface area (Å²) in [5, 5.41) is 8.33. The van der Waals surface area contributed by atoms with E-state index in [1.54, 1.807) is 11.0 Å². The molecule has 84 valence electrons. The number of rotatable bonds is 3. The highest BCUT2D eigenvalue weighted by molar-refractivity contribution is 5.19. The number of anilines is 1. The molecule has 0 aromatic carbocycles. The van der Waals surface area contributed by atoms with Crippen LogP contribution in [-0.2, 0) is 0 Å². The number of hydrogen-bond donors (Lipinski definition) is 2. The Hall–Kier alpha value is -1.10. The highest BCUT2D eigenvalue weighted by Gasteiger charge is 2.22. The second-order valence-corrected chi connectivity index (χ2v) is 4.34. The molecule has 1 aromatic rings. The van der Waals surface area contributed by atoms with Crippen LogP contribution in [0.4, 0.5) is 5.82 Å². The van der Waals surface area contributed by atoms with Crippen LogP contribution in [0.2, 0.25) is 0 Å². The van der Waals surface area contributed by atoms with Gasteiger partial charge in [0.05, 0.1) is 12.2 Å². The van der Waals surface area contributed by atoms with Gasteiger partial charge in [0.2, 0.25) is 0 Å². The standard InChI is InChI=1S/C10H19N5/c11-6-5-8-1-3-9(4-2-8)15-13-7-10(12)14-15/h7-9H,1-6,11H2,(H2,12,14). The minimum atomic E-state index is 0.441. The number of nitrogens with zero attached hydrogens (tertiary/aromatic N) is 3. The van der Waals surface area contributed by atoms with Crippen LogP contribution in [0.1, 0.15) is 38.1 Å². The van der Waals surface area contributed by atoms with Crippen molar-refractivity contribution in [3.05, 3.63) is 6.20 Å². The van der Waals surface area contributed by atoms with Gasteiger partial charge in [-0.1, -0.05) is 0 Å². The summed E-state index contributed by atoms with van der Waals surface area (Å²) >= 11 is 0. The average molecular weight is 209 g/mol. The summed E-state index contributed by atoms with van der Waals surface area (Å²) in [5.74, 6) is 1.32. The van der Waals surface area contributed by atoms with Crippen molar-refractivity contribution < 1.29 is 0 Å². The molecule has 5 nitrogen and oxygen atoms in total. The lowest BCUT2D eigenvalue weighted by Gasteiger charge is -2.27. The van der Waals surface area contributed by atoms with Crippen molar-refractivity contribution in [1.82, 2.24) is 15.0 Å². The maximum atomic E-state index is 5.56. The summed E-state index contributed by atoms with van der Waals surface area (Å²) in [6, 6.07) is 0.441. The Labute approximate surface area is 89.8 Å². The summed E-state index contributed by atoms with van der Waals surface area (Å²) in [7, 11) is 0. The Kier molecular flexibility index (Phi) is 3.20. The van der Waals surface area contributed by atoms with Crippen molar-refractivity contribution in [3.8, 4) is 0 Å². The molecule has 0 saturated heterocycles. The summed E-state index contributed by atoms with van der Waals surface area (Å²) in [4.78, 5) is 1.77. The first-order chi connectivity index (χ1) is 7.29. The molecule has 5 heteroatoms. The van der Waals surface area contributed by atoms with Crippen LogP contribution in [-0.4, -0.2) is 21.5 Å². The molecule has 0 unspecified atom stereocenters. The molecule has 1 saturated carbocycles. The van der Waals surface area contributed by atoms with E-state index in [-0.39, 0.29) is 0 Å². The lowest BCUT2D eigenvalue weighted by atomic mass is 9.84. The fourth-order valence-corrected chi connectivity index (χ4v) is 2.36. The van der Waals surface area contributed by atoms with Crippen molar-refractivity contribution in [2.75, 3.05) is 12.3 Å². The molecule has 1 aliphatic rings. The van der Waals surface area contributed by atoms with E-state index < -0.39 is 0 Å². The second-order valence-electron chi connectivity index (χ2n) is 4.34. The third-order valence-electron chi connectivity index (χ3n) is 3.24. The minimum Gasteiger partial charge on any atom is -0.381 e. The normalized spacial score (nSPS) is 26.7. The molecule has 0 spiro atoms. The van der Waals surface area contributed by atoms with E-state index in [2.05, 4.69) is 10.2 Å². The van der Waals surface area contributed by atoms with Crippen LogP contribution in [0.25, 0.3) is 0 Å². The molecule has 1 aliphatic carbocycles. The van der Waals surface area contributed by atoms with Gasteiger partial charge in [-0.05, 0) is 44.6 Å². The van der Waals surface area contributed by atoms with Crippen LogP contribution in [0.5, 0.6) is 0 Å². The highest BCUT2D eigenvalue weighted by atomic mass is 15.5. The minimum absolute atomic E-state index is 0.441. The Morgan fingerprint density at radius 1 is 1.33 bits per heavy atom. The van der Waals surface area contributed by atoms with Crippen LogP contribution >= 0.6 is 0 Å². The molecule has 0 radical (unpaired) electrons. The fourth-order valence-electron chi connectivity index (χ4n) is 2.36. The molecular formula is C10H19N5. The highest BCUT2D eigenvalue weighted by Crippen LogP contribution is 2.32. The van der Waals surface area contributed by atoms with Crippen molar-refractivity contribution in [1.29, 1.82) is 0 Å². The van der Waals surface area contributed by atoms with Crippen molar-refractivity contribution >= 4 is 5.82 Å². The second kappa shape index (κ2) is 4.61. The summed E-state index contributed by atoms with van der Waals surface area (Å²) in [5.41, 5.74) is 11.1. The molecular weight excluding hydrogens is 190 g/mol. The molecule has 1 heterocycles. The summed E-state index contributed by atoms with van der Waals surface area (Å²) < 4.78 is 0. The molecule has 1 fully saturated rings. The number of aromatic nitrogens is 3. The van der Waals surface area contributed by atoms with Gasteiger partial charge in [-0.15, -0.1) is 5.10 Å². The van der Waals surface area contributed by atoms with E-state index in [4.69, 9.17) is 11.5 Å².